The molecule has 0 fully saturated rings. The second-order valence-corrected chi connectivity index (χ2v) is 8.47. The number of benzene rings is 4. The summed E-state index contributed by atoms with van der Waals surface area (Å²) in [5.41, 5.74) is 4.80. The lowest BCUT2D eigenvalue weighted by Crippen LogP contribution is -2.28. The van der Waals surface area contributed by atoms with Crippen molar-refractivity contribution in [3.8, 4) is 34.0 Å². The molecule has 0 aliphatic heterocycles. The number of nitrogens with one attached hydrogen (secondary N) is 2. The van der Waals surface area contributed by atoms with Gasteiger partial charge in [-0.25, -0.2) is 14.5 Å². The Morgan fingerprint density at radius 1 is 0.821 bits per heavy atom. The molecule has 5 rings (SSSR count). The van der Waals surface area contributed by atoms with Crippen molar-refractivity contribution in [2.24, 2.45) is 0 Å². The minimum absolute atomic E-state index is 0.313. The van der Waals surface area contributed by atoms with Gasteiger partial charge < -0.3 is 15.4 Å². The maximum atomic E-state index is 12.6. The normalized spacial score (nSPS) is 11.2. The summed E-state index contributed by atoms with van der Waals surface area (Å²) >= 11 is 0. The Morgan fingerprint density at radius 3 is 2.23 bits per heavy atom. The number of hydrogen-bond donors (Lipinski definition) is 2. The predicted molar refractivity (Wildman–Crippen MR) is 141 cm³/mol. The molecular weight excluding hydrogens is 507 g/mol. The Bertz CT molecular complexity index is 1550. The summed E-state index contributed by atoms with van der Waals surface area (Å²) in [6.45, 7) is 0.313. The van der Waals surface area contributed by atoms with Crippen LogP contribution < -0.4 is 15.4 Å². The molecule has 0 unspecified atom stereocenters. The van der Waals surface area contributed by atoms with Crippen LogP contribution in [0.1, 0.15) is 5.56 Å². The lowest BCUT2D eigenvalue weighted by Gasteiger charge is -2.12. The number of para-hydroxylation sites is 1. The topological polar surface area (TPSA) is 81.1 Å². The van der Waals surface area contributed by atoms with Crippen molar-refractivity contribution in [3.63, 3.8) is 0 Å². The third kappa shape index (κ3) is 6.61. The number of halogens is 3. The molecule has 0 saturated heterocycles. The molecule has 5 aromatic rings. The van der Waals surface area contributed by atoms with Gasteiger partial charge in [0.1, 0.15) is 12.1 Å². The molecule has 2 N–H and O–H groups in total. The molecule has 10 heteroatoms. The van der Waals surface area contributed by atoms with Crippen LogP contribution in [0.15, 0.2) is 109 Å². The van der Waals surface area contributed by atoms with Gasteiger partial charge in [0, 0.05) is 17.7 Å². The molecule has 0 bridgehead atoms. The van der Waals surface area contributed by atoms with Crippen molar-refractivity contribution < 1.29 is 22.7 Å². The number of amides is 2. The fourth-order valence-electron chi connectivity index (χ4n) is 3.90. The highest BCUT2D eigenvalue weighted by atomic mass is 19.4. The summed E-state index contributed by atoms with van der Waals surface area (Å²) in [5, 5.41) is 10.2. The highest BCUT2D eigenvalue weighted by Gasteiger charge is 2.31. The summed E-state index contributed by atoms with van der Waals surface area (Å²) in [4.78, 5) is 16.9. The van der Waals surface area contributed by atoms with E-state index in [0.29, 0.717) is 23.7 Å². The molecule has 0 radical (unpaired) electrons. The Balaban J connectivity index is 1.18. The van der Waals surface area contributed by atoms with Gasteiger partial charge in [0.15, 0.2) is 5.82 Å². The van der Waals surface area contributed by atoms with E-state index >= 15 is 0 Å². The summed E-state index contributed by atoms with van der Waals surface area (Å²) < 4.78 is 42.4. The van der Waals surface area contributed by atoms with Crippen molar-refractivity contribution in [1.29, 1.82) is 0 Å². The van der Waals surface area contributed by atoms with Crippen LogP contribution in [0.25, 0.3) is 28.2 Å². The van der Waals surface area contributed by atoms with Crippen LogP contribution >= 0.6 is 0 Å². The number of aromatic nitrogens is 3. The number of hydrogen-bond acceptors (Lipinski definition) is 4. The average molecular weight is 530 g/mol. The van der Waals surface area contributed by atoms with Crippen LogP contribution in [0.5, 0.6) is 5.75 Å². The first-order valence-corrected chi connectivity index (χ1v) is 11.9. The van der Waals surface area contributed by atoms with Gasteiger partial charge >= 0.3 is 12.4 Å². The number of alkyl halides is 3. The third-order valence-electron chi connectivity index (χ3n) is 5.75. The van der Waals surface area contributed by atoms with Crippen LogP contribution in [0.4, 0.5) is 23.7 Å². The van der Waals surface area contributed by atoms with Gasteiger partial charge in [-0.3, -0.25) is 0 Å². The van der Waals surface area contributed by atoms with Crippen LogP contribution in [0, 0.1) is 0 Å². The molecule has 1 aromatic heterocycles. The van der Waals surface area contributed by atoms with Crippen molar-refractivity contribution in [3.05, 3.63) is 115 Å². The molecule has 0 saturated carbocycles. The second-order valence-electron chi connectivity index (χ2n) is 8.47. The van der Waals surface area contributed by atoms with Crippen molar-refractivity contribution in [1.82, 2.24) is 20.1 Å². The zero-order chi connectivity index (χ0) is 27.2. The average Bonchev–Trinajstić information content (AvgIpc) is 3.43. The van der Waals surface area contributed by atoms with E-state index in [0.717, 1.165) is 22.3 Å². The second kappa shape index (κ2) is 11.1. The summed E-state index contributed by atoms with van der Waals surface area (Å²) in [6, 6.07) is 29.8. The standard InChI is InChI=1S/C29H22F3N5O2/c30-29(31,32)39-24-16-14-23(15-17-24)37-19-34-27(36-37)22-12-10-20(11-13-22)18-33-28(38)35-26-9-5-4-8-25(26)21-6-2-1-3-7-21/h1-17,19H,18H2,(H2,33,35,38). The molecule has 1 heterocycles. The quantitative estimate of drug-likeness (QED) is 0.242. The van der Waals surface area contributed by atoms with E-state index in [2.05, 4.69) is 25.5 Å². The molecular formula is C29H22F3N5O2. The van der Waals surface area contributed by atoms with E-state index in [1.165, 1.54) is 35.3 Å². The van der Waals surface area contributed by atoms with Gasteiger partial charge in [0.05, 0.1) is 11.4 Å². The maximum Gasteiger partial charge on any atom is 0.573 e. The number of rotatable bonds is 7. The first-order chi connectivity index (χ1) is 18.8. The van der Waals surface area contributed by atoms with E-state index in [9.17, 15) is 18.0 Å². The Labute approximate surface area is 221 Å². The minimum atomic E-state index is -4.75. The molecule has 2 amide bonds. The zero-order valence-corrected chi connectivity index (χ0v) is 20.4. The molecule has 0 aliphatic rings. The number of nitrogens with zero attached hydrogens (tertiary/aromatic N) is 3. The van der Waals surface area contributed by atoms with Gasteiger partial charge in [-0.1, -0.05) is 72.8 Å². The molecule has 39 heavy (non-hydrogen) atoms. The van der Waals surface area contributed by atoms with Crippen molar-refractivity contribution in [2.45, 2.75) is 12.9 Å². The fourth-order valence-corrected chi connectivity index (χ4v) is 3.90. The number of urea groups is 1. The minimum Gasteiger partial charge on any atom is -0.406 e. The van der Waals surface area contributed by atoms with E-state index in [1.807, 2.05) is 78.9 Å². The smallest absolute Gasteiger partial charge is 0.406 e. The molecule has 0 atom stereocenters. The lowest BCUT2D eigenvalue weighted by atomic mass is 10.0. The largest absolute Gasteiger partial charge is 0.573 e. The number of ether oxygens (including phenoxy) is 1. The van der Waals surface area contributed by atoms with Gasteiger partial charge in [-0.15, -0.1) is 18.3 Å². The number of anilines is 1. The molecule has 0 spiro atoms. The van der Waals surface area contributed by atoms with Crippen LogP contribution in [-0.2, 0) is 6.54 Å². The van der Waals surface area contributed by atoms with Gasteiger partial charge in [-0.2, -0.15) is 0 Å². The van der Waals surface area contributed by atoms with Crippen LogP contribution in [0.2, 0.25) is 0 Å². The Hall–Kier alpha value is -5.12. The molecule has 4 aromatic carbocycles. The van der Waals surface area contributed by atoms with E-state index in [1.54, 1.807) is 0 Å². The zero-order valence-electron chi connectivity index (χ0n) is 20.4. The van der Waals surface area contributed by atoms with Gasteiger partial charge in [0.25, 0.3) is 0 Å². The number of carbonyl (C=O) groups excluding carboxylic acids is 1. The highest BCUT2D eigenvalue weighted by Crippen LogP contribution is 2.27. The molecule has 196 valence electrons. The van der Waals surface area contributed by atoms with E-state index in [-0.39, 0.29) is 11.8 Å². The van der Waals surface area contributed by atoms with Crippen LogP contribution in [-0.4, -0.2) is 27.2 Å². The van der Waals surface area contributed by atoms with Gasteiger partial charge in [-0.05, 0) is 41.5 Å². The van der Waals surface area contributed by atoms with Gasteiger partial charge in [0.2, 0.25) is 0 Å². The Morgan fingerprint density at radius 2 is 1.51 bits per heavy atom. The highest BCUT2D eigenvalue weighted by molar-refractivity contribution is 5.94. The first kappa shape index (κ1) is 25.5. The first-order valence-electron chi connectivity index (χ1n) is 11.9. The fraction of sp³-hybridized carbons (Fsp3) is 0.0690. The Kier molecular flexibility index (Phi) is 7.26. The number of carbonyl (C=O) groups is 1. The summed E-state index contributed by atoms with van der Waals surface area (Å²) in [5.74, 6) is 0.130. The van der Waals surface area contributed by atoms with E-state index in [4.69, 9.17) is 0 Å². The molecule has 7 nitrogen and oxygen atoms in total. The SMILES string of the molecule is O=C(NCc1ccc(-c2ncn(-c3ccc(OC(F)(F)F)cc3)n2)cc1)Nc1ccccc1-c1ccccc1. The monoisotopic (exact) mass is 529 g/mol. The maximum absolute atomic E-state index is 12.6. The van der Waals surface area contributed by atoms with E-state index < -0.39 is 6.36 Å². The lowest BCUT2D eigenvalue weighted by molar-refractivity contribution is -0.274. The molecule has 0 aliphatic carbocycles. The summed E-state index contributed by atoms with van der Waals surface area (Å²) in [6.07, 6.45) is -3.27. The summed E-state index contributed by atoms with van der Waals surface area (Å²) in [7, 11) is 0. The van der Waals surface area contributed by atoms with Crippen molar-refractivity contribution >= 4 is 11.7 Å². The van der Waals surface area contributed by atoms with Crippen LogP contribution in [0.3, 0.4) is 0 Å². The van der Waals surface area contributed by atoms with Crippen molar-refractivity contribution in [2.75, 3.05) is 5.32 Å². The third-order valence-corrected chi connectivity index (χ3v) is 5.75. The predicted octanol–water partition coefficient (Wildman–Crippen LogP) is 6.82.